The monoisotopic (exact) mass is 773 g/mol. The van der Waals surface area contributed by atoms with E-state index in [1.807, 2.05) is 6.08 Å². The van der Waals surface area contributed by atoms with E-state index in [0.29, 0.717) is 6.42 Å². The fourth-order valence-electron chi connectivity index (χ4n) is 6.46. The minimum atomic E-state index is -4.39. The number of hydrogen-bond donors (Lipinski definition) is 5. The number of nitrogens with one attached hydrogen (secondary N) is 1. The molecule has 0 aliphatic rings. The van der Waals surface area contributed by atoms with Gasteiger partial charge in [-0.15, -0.1) is 0 Å². The average molecular weight is 773 g/mol. The quantitative estimate of drug-likeness (QED) is 0.0234. The van der Waals surface area contributed by atoms with Crippen LogP contribution < -0.4 is 11.1 Å². The Balaban J connectivity index is 4.18. The van der Waals surface area contributed by atoms with E-state index in [4.69, 9.17) is 14.8 Å². The Bertz CT molecular complexity index is 904. The molecule has 4 unspecified atom stereocenters. The van der Waals surface area contributed by atoms with Crippen molar-refractivity contribution < 1.29 is 33.5 Å². The van der Waals surface area contributed by atoms with Gasteiger partial charge in [0.05, 0.1) is 37.9 Å². The number of allylic oxidation sites excluding steroid dienone is 3. The van der Waals surface area contributed by atoms with E-state index in [2.05, 4.69) is 31.3 Å². The zero-order chi connectivity index (χ0) is 39.1. The van der Waals surface area contributed by atoms with Crippen LogP contribution >= 0.6 is 7.82 Å². The van der Waals surface area contributed by atoms with Gasteiger partial charge in [-0.1, -0.05) is 179 Å². The number of carbonyl (C=O) groups is 1. The Hall–Kier alpha value is -1.06. The summed E-state index contributed by atoms with van der Waals surface area (Å²) in [5.41, 5.74) is 5.35. The van der Waals surface area contributed by atoms with Gasteiger partial charge in [-0.3, -0.25) is 13.8 Å². The van der Waals surface area contributed by atoms with Gasteiger partial charge in [0, 0.05) is 6.54 Å². The van der Waals surface area contributed by atoms with Gasteiger partial charge in [0.2, 0.25) is 5.91 Å². The van der Waals surface area contributed by atoms with Crippen LogP contribution in [-0.4, -0.2) is 59.0 Å². The van der Waals surface area contributed by atoms with Gasteiger partial charge in [-0.25, -0.2) is 4.57 Å². The molecule has 0 heterocycles. The van der Waals surface area contributed by atoms with Gasteiger partial charge >= 0.3 is 7.82 Å². The number of phosphoric acid groups is 1. The van der Waals surface area contributed by atoms with Crippen LogP contribution in [0, 0.1) is 0 Å². The topological polar surface area (TPSA) is 151 Å². The molecule has 0 spiro atoms. The van der Waals surface area contributed by atoms with Crippen LogP contribution in [0.2, 0.25) is 0 Å². The highest BCUT2D eigenvalue weighted by atomic mass is 31.2. The Kier molecular flexibility index (Phi) is 38.4. The minimum absolute atomic E-state index is 0.0486. The van der Waals surface area contributed by atoms with Crippen LogP contribution in [0.25, 0.3) is 0 Å². The van der Waals surface area contributed by atoms with E-state index in [9.17, 15) is 24.5 Å². The summed E-state index contributed by atoms with van der Waals surface area (Å²) in [7, 11) is -4.39. The predicted octanol–water partition coefficient (Wildman–Crippen LogP) is 11.1. The maximum atomic E-state index is 12.8. The first-order valence-electron chi connectivity index (χ1n) is 22.0. The van der Waals surface area contributed by atoms with Crippen molar-refractivity contribution in [1.82, 2.24) is 5.32 Å². The highest BCUT2D eigenvalue weighted by Crippen LogP contribution is 2.43. The molecular weight excluding hydrogens is 687 g/mol. The summed E-state index contributed by atoms with van der Waals surface area (Å²) in [6, 6.07) is -0.981. The minimum Gasteiger partial charge on any atom is -0.393 e. The lowest BCUT2D eigenvalue weighted by Gasteiger charge is -2.24. The van der Waals surface area contributed by atoms with Gasteiger partial charge < -0.3 is 26.2 Å². The Morgan fingerprint density at radius 1 is 0.642 bits per heavy atom. The number of phosphoric ester groups is 1. The first-order valence-corrected chi connectivity index (χ1v) is 23.5. The first-order chi connectivity index (χ1) is 25.8. The second-order valence-corrected chi connectivity index (χ2v) is 16.5. The molecule has 0 fully saturated rings. The Morgan fingerprint density at radius 2 is 1.06 bits per heavy atom. The molecule has 9 nitrogen and oxygen atoms in total. The van der Waals surface area contributed by atoms with Crippen LogP contribution in [-0.2, 0) is 18.4 Å². The van der Waals surface area contributed by atoms with Gasteiger partial charge in [0.15, 0.2) is 0 Å². The number of nitrogens with two attached hydrogens (primary N) is 1. The SMILES string of the molecule is CCCCCCCCCC/C=C/C(O)C(COP(=O)(O)OCCN)NC(=O)CC(O)CCCCCCC/C=C\CCCCCCCCCCCCCC. The Labute approximate surface area is 326 Å². The number of hydrogen-bond acceptors (Lipinski definition) is 7. The van der Waals surface area contributed by atoms with E-state index in [1.165, 1.54) is 128 Å². The zero-order valence-corrected chi connectivity index (χ0v) is 35.3. The van der Waals surface area contributed by atoms with Crippen LogP contribution in [0.4, 0.5) is 0 Å². The van der Waals surface area contributed by atoms with Crippen molar-refractivity contribution in [3.8, 4) is 0 Å². The first kappa shape index (κ1) is 51.9. The summed E-state index contributed by atoms with van der Waals surface area (Å²) in [5.74, 6) is -0.451. The van der Waals surface area contributed by atoms with Crippen molar-refractivity contribution >= 4 is 13.7 Å². The van der Waals surface area contributed by atoms with Crippen molar-refractivity contribution in [3.05, 3.63) is 24.3 Å². The third-order valence-corrected chi connectivity index (χ3v) is 10.8. The number of carbonyl (C=O) groups excluding carboxylic acids is 1. The average Bonchev–Trinajstić information content (AvgIpc) is 3.13. The van der Waals surface area contributed by atoms with E-state index >= 15 is 0 Å². The van der Waals surface area contributed by atoms with Crippen molar-refractivity contribution in [1.29, 1.82) is 0 Å². The number of amides is 1. The third kappa shape index (κ3) is 37.6. The largest absolute Gasteiger partial charge is 0.472 e. The van der Waals surface area contributed by atoms with Crippen molar-refractivity contribution in [2.75, 3.05) is 19.8 Å². The Morgan fingerprint density at radius 3 is 1.51 bits per heavy atom. The van der Waals surface area contributed by atoms with Gasteiger partial charge in [-0.05, 0) is 44.9 Å². The molecule has 10 heteroatoms. The molecular formula is C43H85N2O7P. The second-order valence-electron chi connectivity index (χ2n) is 15.1. The molecule has 0 saturated carbocycles. The molecule has 0 rings (SSSR count). The number of rotatable bonds is 41. The van der Waals surface area contributed by atoms with Gasteiger partial charge in [-0.2, -0.15) is 0 Å². The lowest BCUT2D eigenvalue weighted by molar-refractivity contribution is -0.124. The second kappa shape index (κ2) is 39.2. The van der Waals surface area contributed by atoms with Crippen LogP contribution in [0.1, 0.15) is 206 Å². The molecule has 6 N–H and O–H groups in total. The maximum Gasteiger partial charge on any atom is 0.472 e. The summed E-state index contributed by atoms with van der Waals surface area (Å²) < 4.78 is 22.0. The van der Waals surface area contributed by atoms with E-state index < -0.39 is 38.6 Å². The van der Waals surface area contributed by atoms with Crippen molar-refractivity contribution in [2.45, 2.75) is 225 Å². The molecule has 0 saturated heterocycles. The smallest absolute Gasteiger partial charge is 0.393 e. The molecule has 53 heavy (non-hydrogen) atoms. The molecule has 0 aromatic heterocycles. The highest BCUT2D eigenvalue weighted by Gasteiger charge is 2.27. The molecule has 1 amide bonds. The molecule has 4 atom stereocenters. The molecule has 0 aliphatic carbocycles. The summed E-state index contributed by atoms with van der Waals surface area (Å²) in [6.45, 7) is 3.95. The highest BCUT2D eigenvalue weighted by molar-refractivity contribution is 7.47. The third-order valence-electron chi connectivity index (χ3n) is 9.83. The van der Waals surface area contributed by atoms with Crippen LogP contribution in [0.5, 0.6) is 0 Å². The zero-order valence-electron chi connectivity index (χ0n) is 34.4. The summed E-state index contributed by atoms with van der Waals surface area (Å²) in [4.78, 5) is 22.7. The summed E-state index contributed by atoms with van der Waals surface area (Å²) >= 11 is 0. The van der Waals surface area contributed by atoms with Gasteiger partial charge in [0.1, 0.15) is 0 Å². The van der Waals surface area contributed by atoms with E-state index in [-0.39, 0.29) is 19.6 Å². The molecule has 0 aromatic rings. The molecule has 0 radical (unpaired) electrons. The fourth-order valence-corrected chi connectivity index (χ4v) is 7.22. The molecule has 0 aromatic carbocycles. The van der Waals surface area contributed by atoms with Crippen molar-refractivity contribution in [3.63, 3.8) is 0 Å². The maximum absolute atomic E-state index is 12.8. The summed E-state index contributed by atoms with van der Waals surface area (Å²) in [5, 5.41) is 24.0. The van der Waals surface area contributed by atoms with Crippen molar-refractivity contribution in [2.24, 2.45) is 5.73 Å². The lowest BCUT2D eigenvalue weighted by atomic mass is 10.0. The molecule has 0 aliphatic heterocycles. The normalized spacial score (nSPS) is 14.9. The predicted molar refractivity (Wildman–Crippen MR) is 223 cm³/mol. The number of unbranched alkanes of at least 4 members (excludes halogenated alkanes) is 25. The molecule has 314 valence electrons. The fraction of sp³-hybridized carbons (Fsp3) is 0.884. The van der Waals surface area contributed by atoms with E-state index in [0.717, 1.165) is 51.4 Å². The van der Waals surface area contributed by atoms with E-state index in [1.54, 1.807) is 6.08 Å². The summed E-state index contributed by atoms with van der Waals surface area (Å²) in [6.07, 6.45) is 41.3. The van der Waals surface area contributed by atoms with Crippen LogP contribution in [0.3, 0.4) is 0 Å². The standard InChI is InChI=1S/C43H85N2O7P/c1-3-5-7-9-11-13-15-16-17-18-19-20-21-22-23-24-25-26-28-30-32-34-40(46)38-43(48)45-41(39-52-53(49,50)51-37-36-44)42(47)35-33-31-29-27-14-12-10-8-6-4-2/h22-23,33,35,40-42,46-47H,3-21,24-32,34,36-39,44H2,1-2H3,(H,45,48)(H,49,50)/b23-22-,35-33+. The van der Waals surface area contributed by atoms with Crippen LogP contribution in [0.15, 0.2) is 24.3 Å². The number of aliphatic hydroxyl groups is 2. The lowest BCUT2D eigenvalue weighted by Crippen LogP contribution is -2.46. The molecule has 0 bridgehead atoms. The number of aliphatic hydroxyl groups excluding tert-OH is 2. The van der Waals surface area contributed by atoms with Gasteiger partial charge in [0.25, 0.3) is 0 Å².